The molecule has 0 spiro atoms. The smallest absolute Gasteiger partial charge is 0.202 e. The molecule has 1 aliphatic carbocycles. The molecule has 0 saturated carbocycles. The molecule has 210 valence electrons. The monoisotopic (exact) mass is 692 g/mol. The van der Waals surface area contributed by atoms with Crippen molar-refractivity contribution in [3.63, 3.8) is 0 Å². The van der Waals surface area contributed by atoms with Crippen LogP contribution < -0.4 is 0 Å². The Morgan fingerprint density at radius 2 is 0.977 bits per heavy atom. The first kappa shape index (κ1) is 27.2. The average Bonchev–Trinajstić information content (AvgIpc) is 3.28. The minimum Gasteiger partial charge on any atom is -0.504 e. The fraction of sp³-hybridized carbons (Fsp3) is 0.0286. The number of aromatic hydroxyl groups is 4. The molecule has 0 unspecified atom stereocenters. The third kappa shape index (κ3) is 4.37. The van der Waals surface area contributed by atoms with E-state index in [1.165, 1.54) is 24.6 Å². The number of fused-ring (bicyclic) bond motifs is 7. The van der Waals surface area contributed by atoms with Crippen molar-refractivity contribution < 1.29 is 20.4 Å². The molecule has 1 aliphatic rings. The lowest BCUT2D eigenvalue weighted by molar-refractivity contribution is 0.403. The van der Waals surface area contributed by atoms with E-state index >= 15 is 0 Å². The van der Waals surface area contributed by atoms with Gasteiger partial charge in [-0.1, -0.05) is 80.4 Å². The van der Waals surface area contributed by atoms with Crippen LogP contribution in [0.1, 0.15) is 22.3 Å². The average molecular weight is 694 g/mol. The van der Waals surface area contributed by atoms with Crippen LogP contribution in [0.15, 0.2) is 116 Å². The lowest BCUT2D eigenvalue weighted by atomic mass is 9.94. The zero-order valence-electron chi connectivity index (χ0n) is 22.3. The molecule has 0 saturated heterocycles. The third-order valence-corrected chi connectivity index (χ3v) is 8.82. The highest BCUT2D eigenvalue weighted by Gasteiger charge is 2.44. The van der Waals surface area contributed by atoms with E-state index in [4.69, 9.17) is 9.98 Å². The van der Waals surface area contributed by atoms with Crippen molar-refractivity contribution in [3.05, 3.63) is 128 Å². The Labute approximate surface area is 263 Å². The molecule has 6 aromatic rings. The first-order valence-corrected chi connectivity index (χ1v) is 14.9. The maximum absolute atomic E-state index is 10.6. The van der Waals surface area contributed by atoms with Crippen LogP contribution in [0.4, 0.5) is 0 Å². The molecule has 43 heavy (non-hydrogen) atoms. The Kier molecular flexibility index (Phi) is 6.49. The second-order valence-corrected chi connectivity index (χ2v) is 12.2. The number of rotatable bonds is 4. The van der Waals surface area contributed by atoms with Gasteiger partial charge < -0.3 is 20.4 Å². The van der Waals surface area contributed by atoms with Crippen LogP contribution in [0, 0.1) is 0 Å². The molecule has 6 aromatic carbocycles. The van der Waals surface area contributed by atoms with Gasteiger partial charge in [-0.15, -0.1) is 0 Å². The van der Waals surface area contributed by atoms with Crippen LogP contribution in [0.3, 0.4) is 0 Å². The molecule has 0 bridgehead atoms. The number of hydrogen-bond acceptors (Lipinski definition) is 6. The van der Waals surface area contributed by atoms with Gasteiger partial charge in [-0.3, -0.25) is 9.98 Å². The van der Waals surface area contributed by atoms with E-state index in [2.05, 4.69) is 56.1 Å². The van der Waals surface area contributed by atoms with Gasteiger partial charge in [0.15, 0.2) is 23.0 Å². The van der Waals surface area contributed by atoms with E-state index < -0.39 is 5.66 Å². The summed E-state index contributed by atoms with van der Waals surface area (Å²) in [7, 11) is 0. The quantitative estimate of drug-likeness (QED) is 0.109. The van der Waals surface area contributed by atoms with Gasteiger partial charge in [0.2, 0.25) is 5.66 Å². The van der Waals surface area contributed by atoms with Crippen LogP contribution in [0.5, 0.6) is 23.0 Å². The summed E-state index contributed by atoms with van der Waals surface area (Å²) < 4.78 is 1.92. The molecule has 7 rings (SSSR count). The summed E-state index contributed by atoms with van der Waals surface area (Å²) in [5.74, 6) is -1.10. The molecule has 0 fully saturated rings. The van der Waals surface area contributed by atoms with Gasteiger partial charge in [-0.25, -0.2) is 0 Å². The second kappa shape index (κ2) is 10.3. The normalized spacial score (nSPS) is 13.7. The number of hydrogen-bond donors (Lipinski definition) is 4. The molecule has 6 nitrogen and oxygen atoms in total. The first-order valence-electron chi connectivity index (χ1n) is 13.3. The standard InChI is InChI=1S/C35H22Br2N2O4/c36-23-9-11-25-19(15-23)7-13-27-31(25)32-26-12-10-24(37)16-20(26)8-14-28(32)35(27,38-17-21-3-1-5-29(40)33(21)42)39-18-22-4-2-6-30(41)34(22)43/h1-18,40-43H/b38-17+,39-18+. The van der Waals surface area contributed by atoms with Gasteiger partial charge in [0.25, 0.3) is 0 Å². The van der Waals surface area contributed by atoms with Gasteiger partial charge in [0, 0.05) is 43.6 Å². The number of benzene rings is 6. The lowest BCUT2D eigenvalue weighted by Gasteiger charge is -2.24. The topological polar surface area (TPSA) is 106 Å². The zero-order valence-corrected chi connectivity index (χ0v) is 25.5. The van der Waals surface area contributed by atoms with Crippen molar-refractivity contribution in [2.45, 2.75) is 5.66 Å². The van der Waals surface area contributed by atoms with Crippen LogP contribution >= 0.6 is 31.9 Å². The van der Waals surface area contributed by atoms with Gasteiger partial charge in [-0.05, 0) is 81.2 Å². The van der Waals surface area contributed by atoms with Crippen LogP contribution in [-0.2, 0) is 5.66 Å². The minimum absolute atomic E-state index is 0.258. The van der Waals surface area contributed by atoms with Crippen LogP contribution in [0.2, 0.25) is 0 Å². The summed E-state index contributed by atoms with van der Waals surface area (Å²) in [6.45, 7) is 0. The maximum Gasteiger partial charge on any atom is 0.202 e. The SMILES string of the molecule is Oc1cccc(/C=N/C2(/N=C/c3cccc(O)c3O)c3ccc4cc(Br)ccc4c3-c3c2ccc2cc(Br)ccc32)c1O. The van der Waals surface area contributed by atoms with Crippen molar-refractivity contribution in [1.82, 2.24) is 0 Å². The largest absolute Gasteiger partial charge is 0.504 e. The summed E-state index contributed by atoms with van der Waals surface area (Å²) in [6, 6.07) is 29.7. The molecule has 0 heterocycles. The number of halogens is 2. The molecule has 0 aliphatic heterocycles. The molecular formula is C35H22Br2N2O4. The fourth-order valence-corrected chi connectivity index (χ4v) is 6.57. The van der Waals surface area contributed by atoms with Gasteiger partial charge in [0.05, 0.1) is 0 Å². The molecular weight excluding hydrogens is 672 g/mol. The highest BCUT2D eigenvalue weighted by atomic mass is 79.9. The first-order chi connectivity index (χ1) is 20.8. The van der Waals surface area contributed by atoms with Crippen molar-refractivity contribution in [2.75, 3.05) is 0 Å². The zero-order chi connectivity index (χ0) is 29.9. The Morgan fingerprint density at radius 1 is 0.535 bits per heavy atom. The summed E-state index contributed by atoms with van der Waals surface area (Å²) in [4.78, 5) is 10.1. The number of aliphatic imine (C=N–C) groups is 2. The van der Waals surface area contributed by atoms with E-state index in [9.17, 15) is 20.4 Å². The predicted molar refractivity (Wildman–Crippen MR) is 178 cm³/mol. The molecule has 4 N–H and O–H groups in total. The second-order valence-electron chi connectivity index (χ2n) is 10.3. The molecule has 0 amide bonds. The van der Waals surface area contributed by atoms with E-state index in [0.29, 0.717) is 11.1 Å². The van der Waals surface area contributed by atoms with Crippen molar-refractivity contribution >= 4 is 65.8 Å². The number of para-hydroxylation sites is 2. The van der Waals surface area contributed by atoms with Gasteiger partial charge in [0.1, 0.15) is 0 Å². The molecule has 0 radical (unpaired) electrons. The maximum atomic E-state index is 10.6. The highest BCUT2D eigenvalue weighted by Crippen LogP contribution is 2.55. The Bertz CT molecular complexity index is 2020. The summed E-state index contributed by atoms with van der Waals surface area (Å²) in [5, 5.41) is 45.6. The van der Waals surface area contributed by atoms with Crippen molar-refractivity contribution in [3.8, 4) is 34.1 Å². The molecule has 8 heteroatoms. The molecule has 0 atom stereocenters. The van der Waals surface area contributed by atoms with Crippen LogP contribution in [-0.4, -0.2) is 32.9 Å². The third-order valence-electron chi connectivity index (χ3n) is 7.84. The number of phenolic OH excluding ortho intramolecular Hbond substituents is 4. The lowest BCUT2D eigenvalue weighted by Crippen LogP contribution is -2.21. The van der Waals surface area contributed by atoms with Crippen molar-refractivity contribution in [2.24, 2.45) is 9.98 Å². The highest BCUT2D eigenvalue weighted by molar-refractivity contribution is 9.10. The van der Waals surface area contributed by atoms with E-state index in [0.717, 1.165) is 52.7 Å². The Hall–Kier alpha value is -4.66. The van der Waals surface area contributed by atoms with E-state index in [1.807, 2.05) is 36.4 Å². The summed E-state index contributed by atoms with van der Waals surface area (Å²) >= 11 is 7.20. The number of phenols is 4. The summed E-state index contributed by atoms with van der Waals surface area (Å²) in [5.41, 5.74) is 2.85. The molecule has 0 aromatic heterocycles. The Balaban J connectivity index is 1.60. The van der Waals surface area contributed by atoms with Crippen molar-refractivity contribution in [1.29, 1.82) is 0 Å². The van der Waals surface area contributed by atoms with E-state index in [-0.39, 0.29) is 23.0 Å². The Morgan fingerprint density at radius 3 is 1.42 bits per heavy atom. The van der Waals surface area contributed by atoms with E-state index in [1.54, 1.807) is 24.3 Å². The van der Waals surface area contributed by atoms with Gasteiger partial charge in [-0.2, -0.15) is 0 Å². The van der Waals surface area contributed by atoms with Crippen LogP contribution in [0.25, 0.3) is 32.7 Å². The fourth-order valence-electron chi connectivity index (χ4n) is 5.81. The van der Waals surface area contributed by atoms with Gasteiger partial charge >= 0.3 is 0 Å². The predicted octanol–water partition coefficient (Wildman–Crippen LogP) is 8.76. The summed E-state index contributed by atoms with van der Waals surface area (Å²) in [6.07, 6.45) is 3.01. The minimum atomic E-state index is -1.34. The number of nitrogens with zero attached hydrogens (tertiary/aromatic N) is 2.